The first-order chi connectivity index (χ1) is 13.2. The van der Waals surface area contributed by atoms with E-state index in [0.717, 1.165) is 45.4 Å². The maximum absolute atomic E-state index is 12.5. The van der Waals surface area contributed by atoms with Crippen LogP contribution in [0.5, 0.6) is 0 Å². The normalized spacial score (nSPS) is 23.8. The predicted octanol–water partition coefficient (Wildman–Crippen LogP) is 2.84. The van der Waals surface area contributed by atoms with E-state index in [4.69, 9.17) is 4.84 Å². The third kappa shape index (κ3) is 4.53. The number of piperidine rings is 2. The average Bonchev–Trinajstić information content (AvgIpc) is 3.25. The molecule has 0 bridgehead atoms. The van der Waals surface area contributed by atoms with Crippen molar-refractivity contribution in [2.45, 2.75) is 51.6 Å². The highest BCUT2D eigenvalue weighted by Crippen LogP contribution is 2.26. The van der Waals surface area contributed by atoms with Gasteiger partial charge in [0.15, 0.2) is 0 Å². The molecule has 27 heavy (non-hydrogen) atoms. The third-order valence-electron chi connectivity index (χ3n) is 6.61. The molecule has 0 N–H and O–H groups in total. The van der Waals surface area contributed by atoms with Crippen LogP contribution in [-0.4, -0.2) is 66.1 Å². The van der Waals surface area contributed by atoms with Gasteiger partial charge in [0.1, 0.15) is 0 Å². The molecule has 1 aromatic rings. The molecule has 3 fully saturated rings. The Morgan fingerprint density at radius 1 is 1.04 bits per heavy atom. The van der Waals surface area contributed by atoms with Crippen LogP contribution in [0.3, 0.4) is 0 Å². The summed E-state index contributed by atoms with van der Waals surface area (Å²) in [4.78, 5) is 23.2. The van der Waals surface area contributed by atoms with E-state index in [1.54, 1.807) is 5.06 Å². The molecule has 0 radical (unpaired) electrons. The zero-order valence-corrected chi connectivity index (χ0v) is 16.6. The minimum Gasteiger partial charge on any atom is -0.300 e. The standard InChI is InChI=1S/C22H33N3O2/c1-18-5-2-3-6-20(18)17-23-12-9-21(10-13-23)24-14-7-19(8-15-24)22(26)25-11-4-16-27-25/h2-3,5-6,19,21H,4,7-17H2,1H3. The number of aryl methyl sites for hydroxylation is 1. The Balaban J connectivity index is 1.21. The average molecular weight is 372 g/mol. The smallest absolute Gasteiger partial charge is 0.249 e. The van der Waals surface area contributed by atoms with Gasteiger partial charge < -0.3 is 4.90 Å². The van der Waals surface area contributed by atoms with Gasteiger partial charge in [-0.25, -0.2) is 5.06 Å². The summed E-state index contributed by atoms with van der Waals surface area (Å²) >= 11 is 0. The summed E-state index contributed by atoms with van der Waals surface area (Å²) in [5.41, 5.74) is 2.85. The largest absolute Gasteiger partial charge is 0.300 e. The van der Waals surface area contributed by atoms with E-state index >= 15 is 0 Å². The zero-order valence-electron chi connectivity index (χ0n) is 16.6. The van der Waals surface area contributed by atoms with E-state index in [1.165, 1.54) is 37.1 Å². The van der Waals surface area contributed by atoms with E-state index in [9.17, 15) is 4.79 Å². The van der Waals surface area contributed by atoms with Gasteiger partial charge in [-0.1, -0.05) is 24.3 Å². The van der Waals surface area contributed by atoms with Crippen molar-refractivity contribution in [2.75, 3.05) is 39.3 Å². The SMILES string of the molecule is Cc1ccccc1CN1CCC(N2CCC(C(=O)N3CCCO3)CC2)CC1. The van der Waals surface area contributed by atoms with Crippen molar-refractivity contribution in [2.24, 2.45) is 5.92 Å². The first-order valence-electron chi connectivity index (χ1n) is 10.7. The van der Waals surface area contributed by atoms with E-state index < -0.39 is 0 Å². The fourth-order valence-electron chi connectivity index (χ4n) is 4.81. The Hall–Kier alpha value is -1.43. The highest BCUT2D eigenvalue weighted by Gasteiger charge is 2.33. The molecule has 5 nitrogen and oxygen atoms in total. The molecule has 0 saturated carbocycles. The number of benzene rings is 1. The Kier molecular flexibility index (Phi) is 6.11. The number of rotatable bonds is 4. The molecular formula is C22H33N3O2. The predicted molar refractivity (Wildman–Crippen MR) is 106 cm³/mol. The van der Waals surface area contributed by atoms with Crippen LogP contribution in [0.2, 0.25) is 0 Å². The van der Waals surface area contributed by atoms with Crippen LogP contribution < -0.4 is 0 Å². The van der Waals surface area contributed by atoms with Gasteiger partial charge in [0.2, 0.25) is 5.91 Å². The first kappa shape index (κ1) is 18.9. The lowest BCUT2D eigenvalue weighted by molar-refractivity contribution is -0.175. The van der Waals surface area contributed by atoms with Crippen molar-refractivity contribution in [1.29, 1.82) is 0 Å². The van der Waals surface area contributed by atoms with Crippen molar-refractivity contribution in [3.05, 3.63) is 35.4 Å². The molecule has 3 aliphatic heterocycles. The number of likely N-dealkylation sites (tertiary alicyclic amines) is 2. The molecule has 3 saturated heterocycles. The minimum atomic E-state index is 0.167. The molecule has 1 aromatic carbocycles. The Bertz CT molecular complexity index is 628. The van der Waals surface area contributed by atoms with Gasteiger partial charge >= 0.3 is 0 Å². The zero-order chi connectivity index (χ0) is 18.6. The molecule has 0 atom stereocenters. The fraction of sp³-hybridized carbons (Fsp3) is 0.682. The van der Waals surface area contributed by atoms with Gasteiger partial charge in [-0.3, -0.25) is 14.5 Å². The van der Waals surface area contributed by atoms with Crippen LogP contribution in [0.25, 0.3) is 0 Å². The van der Waals surface area contributed by atoms with Crippen LogP contribution in [-0.2, 0) is 16.2 Å². The van der Waals surface area contributed by atoms with Crippen molar-refractivity contribution in [3.8, 4) is 0 Å². The van der Waals surface area contributed by atoms with Crippen LogP contribution in [0.15, 0.2) is 24.3 Å². The van der Waals surface area contributed by atoms with E-state index in [2.05, 4.69) is 41.0 Å². The van der Waals surface area contributed by atoms with Crippen LogP contribution in [0.1, 0.15) is 43.2 Å². The third-order valence-corrected chi connectivity index (χ3v) is 6.61. The summed E-state index contributed by atoms with van der Waals surface area (Å²) in [6.07, 6.45) is 5.45. The molecular weight excluding hydrogens is 338 g/mol. The lowest BCUT2D eigenvalue weighted by atomic mass is 9.92. The summed E-state index contributed by atoms with van der Waals surface area (Å²) < 4.78 is 0. The topological polar surface area (TPSA) is 36.0 Å². The lowest BCUT2D eigenvalue weighted by Gasteiger charge is -2.42. The Morgan fingerprint density at radius 2 is 1.78 bits per heavy atom. The highest BCUT2D eigenvalue weighted by atomic mass is 16.7. The second kappa shape index (κ2) is 8.72. The number of carbonyl (C=O) groups excluding carboxylic acids is 1. The lowest BCUT2D eigenvalue weighted by Crippen LogP contribution is -2.49. The Labute approximate surface area is 163 Å². The van der Waals surface area contributed by atoms with E-state index in [0.29, 0.717) is 12.6 Å². The molecule has 0 unspecified atom stereocenters. The summed E-state index contributed by atoms with van der Waals surface area (Å²) in [6, 6.07) is 9.42. The van der Waals surface area contributed by atoms with Gasteiger partial charge in [0.05, 0.1) is 13.2 Å². The fourth-order valence-corrected chi connectivity index (χ4v) is 4.81. The number of hydrogen-bond donors (Lipinski definition) is 0. The molecule has 0 aliphatic carbocycles. The van der Waals surface area contributed by atoms with Gasteiger partial charge in [-0.15, -0.1) is 0 Å². The van der Waals surface area contributed by atoms with Gasteiger partial charge in [-0.05, 0) is 76.3 Å². The van der Waals surface area contributed by atoms with Gasteiger partial charge in [0.25, 0.3) is 0 Å². The molecule has 0 aromatic heterocycles. The summed E-state index contributed by atoms with van der Waals surface area (Å²) in [5.74, 6) is 0.390. The molecule has 4 rings (SSSR count). The van der Waals surface area contributed by atoms with Crippen LogP contribution in [0.4, 0.5) is 0 Å². The number of amides is 1. The molecule has 148 valence electrons. The molecule has 0 spiro atoms. The quantitative estimate of drug-likeness (QED) is 0.815. The van der Waals surface area contributed by atoms with Crippen molar-refractivity contribution in [3.63, 3.8) is 0 Å². The van der Waals surface area contributed by atoms with Crippen LogP contribution in [0, 0.1) is 12.8 Å². The number of hydrogen-bond acceptors (Lipinski definition) is 4. The maximum Gasteiger partial charge on any atom is 0.249 e. The van der Waals surface area contributed by atoms with Crippen molar-refractivity contribution >= 4 is 5.91 Å². The number of nitrogens with zero attached hydrogens (tertiary/aromatic N) is 3. The molecule has 5 heteroatoms. The van der Waals surface area contributed by atoms with Crippen molar-refractivity contribution < 1.29 is 9.63 Å². The Morgan fingerprint density at radius 3 is 2.44 bits per heavy atom. The number of hydroxylamine groups is 2. The second-order valence-corrected chi connectivity index (χ2v) is 8.37. The van der Waals surface area contributed by atoms with E-state index in [1.807, 2.05) is 0 Å². The van der Waals surface area contributed by atoms with Crippen molar-refractivity contribution in [1.82, 2.24) is 14.9 Å². The maximum atomic E-state index is 12.5. The molecule has 1 amide bonds. The van der Waals surface area contributed by atoms with Gasteiger partial charge in [0, 0.05) is 18.5 Å². The molecule has 3 aliphatic rings. The summed E-state index contributed by atoms with van der Waals surface area (Å²) in [7, 11) is 0. The number of carbonyl (C=O) groups is 1. The minimum absolute atomic E-state index is 0.167. The highest BCUT2D eigenvalue weighted by molar-refractivity contribution is 5.78. The summed E-state index contributed by atoms with van der Waals surface area (Å²) in [6.45, 7) is 9.24. The second-order valence-electron chi connectivity index (χ2n) is 8.37. The van der Waals surface area contributed by atoms with E-state index in [-0.39, 0.29) is 11.8 Å². The molecule has 3 heterocycles. The first-order valence-corrected chi connectivity index (χ1v) is 10.7. The van der Waals surface area contributed by atoms with Crippen LogP contribution >= 0.6 is 0 Å². The monoisotopic (exact) mass is 371 g/mol. The summed E-state index contributed by atoms with van der Waals surface area (Å²) in [5, 5.41) is 1.62. The van der Waals surface area contributed by atoms with Gasteiger partial charge in [-0.2, -0.15) is 0 Å².